The number of aromatic nitrogens is 1. The first-order valence-corrected chi connectivity index (χ1v) is 8.06. The Morgan fingerprint density at radius 1 is 1.05 bits per heavy atom. The molecule has 0 bridgehead atoms. The highest BCUT2D eigenvalue weighted by Crippen LogP contribution is 2.15. The lowest BCUT2D eigenvalue weighted by atomic mass is 10.1. The highest BCUT2D eigenvalue weighted by molar-refractivity contribution is 7.09. The molecule has 1 aromatic carbocycles. The molecule has 4 heteroatoms. The van der Waals surface area contributed by atoms with Crippen molar-refractivity contribution >= 4 is 11.3 Å². The third-order valence-corrected chi connectivity index (χ3v) is 4.75. The number of thiazole rings is 1. The van der Waals surface area contributed by atoms with Gasteiger partial charge in [0.2, 0.25) is 0 Å². The Kier molecular flexibility index (Phi) is 4.45. The van der Waals surface area contributed by atoms with Gasteiger partial charge in [0.25, 0.3) is 0 Å². The van der Waals surface area contributed by atoms with E-state index in [2.05, 4.69) is 46.0 Å². The van der Waals surface area contributed by atoms with E-state index in [-0.39, 0.29) is 0 Å². The summed E-state index contributed by atoms with van der Waals surface area (Å²) in [6, 6.07) is 8.71. The van der Waals surface area contributed by atoms with Crippen LogP contribution in [0.5, 0.6) is 0 Å². The largest absolute Gasteiger partial charge is 0.297 e. The van der Waals surface area contributed by atoms with E-state index in [0.717, 1.165) is 39.3 Å². The van der Waals surface area contributed by atoms with Crippen LogP contribution in [-0.2, 0) is 13.1 Å². The lowest BCUT2D eigenvalue weighted by Crippen LogP contribution is -2.45. The molecule has 0 atom stereocenters. The van der Waals surface area contributed by atoms with E-state index in [1.165, 1.54) is 16.0 Å². The van der Waals surface area contributed by atoms with Gasteiger partial charge < -0.3 is 0 Å². The fourth-order valence-corrected chi connectivity index (χ4v) is 3.31. The van der Waals surface area contributed by atoms with Crippen molar-refractivity contribution in [1.29, 1.82) is 0 Å². The van der Waals surface area contributed by atoms with Crippen LogP contribution in [-0.4, -0.2) is 41.0 Å². The van der Waals surface area contributed by atoms with E-state index >= 15 is 0 Å². The third kappa shape index (κ3) is 3.45. The van der Waals surface area contributed by atoms with Crippen LogP contribution >= 0.6 is 11.3 Å². The van der Waals surface area contributed by atoms with Crippen LogP contribution < -0.4 is 0 Å². The molecule has 0 unspecified atom stereocenters. The van der Waals surface area contributed by atoms with Gasteiger partial charge in [0, 0.05) is 50.3 Å². The number of nitrogens with zero attached hydrogens (tertiary/aromatic N) is 3. The second-order valence-corrected chi connectivity index (χ2v) is 6.42. The Labute approximate surface area is 124 Å². The van der Waals surface area contributed by atoms with E-state index in [0.29, 0.717) is 0 Å². The molecule has 2 aromatic rings. The van der Waals surface area contributed by atoms with Crippen molar-refractivity contribution in [3.63, 3.8) is 0 Å². The fourth-order valence-electron chi connectivity index (χ4n) is 2.67. The van der Waals surface area contributed by atoms with E-state index in [9.17, 15) is 0 Å². The Morgan fingerprint density at radius 3 is 2.40 bits per heavy atom. The van der Waals surface area contributed by atoms with Crippen LogP contribution in [0.25, 0.3) is 0 Å². The van der Waals surface area contributed by atoms with Crippen molar-refractivity contribution in [3.05, 3.63) is 52.0 Å². The summed E-state index contributed by atoms with van der Waals surface area (Å²) in [7, 11) is 0. The standard InChI is InChI=1S/C16H21N3S/c1-14-4-2-3-5-15(14)11-18-6-8-19(9-7-18)12-16-10-17-13-20-16/h2-5,10,13H,6-9,11-12H2,1H3. The summed E-state index contributed by atoms with van der Waals surface area (Å²) in [5, 5.41) is 0. The first kappa shape index (κ1) is 13.7. The van der Waals surface area contributed by atoms with Crippen LogP contribution in [0.15, 0.2) is 36.0 Å². The minimum absolute atomic E-state index is 1.06. The van der Waals surface area contributed by atoms with Crippen LogP contribution in [0.3, 0.4) is 0 Å². The van der Waals surface area contributed by atoms with Crippen molar-refractivity contribution in [1.82, 2.24) is 14.8 Å². The molecule has 1 fully saturated rings. The van der Waals surface area contributed by atoms with E-state index in [4.69, 9.17) is 0 Å². The van der Waals surface area contributed by atoms with E-state index in [1.54, 1.807) is 11.3 Å². The van der Waals surface area contributed by atoms with Gasteiger partial charge in [-0.1, -0.05) is 24.3 Å². The summed E-state index contributed by atoms with van der Waals surface area (Å²) in [6.07, 6.45) is 1.99. The second kappa shape index (κ2) is 6.48. The van der Waals surface area contributed by atoms with Crippen molar-refractivity contribution in [2.24, 2.45) is 0 Å². The number of hydrogen-bond donors (Lipinski definition) is 0. The number of piperazine rings is 1. The summed E-state index contributed by atoms with van der Waals surface area (Å²) in [6.45, 7) is 8.98. The summed E-state index contributed by atoms with van der Waals surface area (Å²) >= 11 is 1.76. The predicted octanol–water partition coefficient (Wildman–Crippen LogP) is 2.77. The molecular weight excluding hydrogens is 266 g/mol. The molecule has 0 spiro atoms. The van der Waals surface area contributed by atoms with Crippen LogP contribution in [0, 0.1) is 6.92 Å². The quantitative estimate of drug-likeness (QED) is 0.862. The first-order chi connectivity index (χ1) is 9.81. The zero-order chi connectivity index (χ0) is 13.8. The molecule has 20 heavy (non-hydrogen) atoms. The van der Waals surface area contributed by atoms with Crippen molar-refractivity contribution < 1.29 is 0 Å². The molecule has 3 rings (SSSR count). The third-order valence-electron chi connectivity index (χ3n) is 3.98. The summed E-state index contributed by atoms with van der Waals surface area (Å²) < 4.78 is 0. The highest BCUT2D eigenvalue weighted by atomic mass is 32.1. The summed E-state index contributed by atoms with van der Waals surface area (Å²) in [4.78, 5) is 10.6. The Morgan fingerprint density at radius 2 is 1.75 bits per heavy atom. The normalized spacial score (nSPS) is 17.4. The Hall–Kier alpha value is -1.23. The molecule has 0 N–H and O–H groups in total. The Bertz CT molecular complexity index is 530. The van der Waals surface area contributed by atoms with Gasteiger partial charge in [0.05, 0.1) is 5.51 Å². The summed E-state index contributed by atoms with van der Waals surface area (Å²) in [5.74, 6) is 0. The molecular formula is C16H21N3S. The SMILES string of the molecule is Cc1ccccc1CN1CCN(Cc2cncs2)CC1. The molecule has 106 valence electrons. The zero-order valence-electron chi connectivity index (χ0n) is 12.0. The molecule has 1 aromatic heterocycles. The molecule has 1 saturated heterocycles. The number of aryl methyl sites for hydroxylation is 1. The van der Waals surface area contributed by atoms with Crippen LogP contribution in [0.2, 0.25) is 0 Å². The predicted molar refractivity (Wildman–Crippen MR) is 83.8 cm³/mol. The van der Waals surface area contributed by atoms with Crippen molar-refractivity contribution in [3.8, 4) is 0 Å². The van der Waals surface area contributed by atoms with E-state index in [1.807, 2.05) is 11.7 Å². The first-order valence-electron chi connectivity index (χ1n) is 7.18. The van der Waals surface area contributed by atoms with Crippen molar-refractivity contribution in [2.45, 2.75) is 20.0 Å². The van der Waals surface area contributed by atoms with Gasteiger partial charge in [-0.05, 0) is 18.1 Å². The maximum absolute atomic E-state index is 4.15. The molecule has 0 aliphatic carbocycles. The topological polar surface area (TPSA) is 19.4 Å². The van der Waals surface area contributed by atoms with Crippen LogP contribution in [0.4, 0.5) is 0 Å². The van der Waals surface area contributed by atoms with Gasteiger partial charge >= 0.3 is 0 Å². The van der Waals surface area contributed by atoms with Gasteiger partial charge in [0.1, 0.15) is 0 Å². The molecule has 2 heterocycles. The minimum atomic E-state index is 1.06. The fraction of sp³-hybridized carbons (Fsp3) is 0.438. The average molecular weight is 287 g/mol. The van der Waals surface area contributed by atoms with E-state index < -0.39 is 0 Å². The molecule has 1 aliphatic heterocycles. The van der Waals surface area contributed by atoms with Gasteiger partial charge in [0.15, 0.2) is 0 Å². The Balaban J connectivity index is 1.50. The lowest BCUT2D eigenvalue weighted by Gasteiger charge is -2.34. The van der Waals surface area contributed by atoms with Crippen molar-refractivity contribution in [2.75, 3.05) is 26.2 Å². The van der Waals surface area contributed by atoms with Gasteiger partial charge in [-0.3, -0.25) is 14.8 Å². The zero-order valence-corrected chi connectivity index (χ0v) is 12.8. The minimum Gasteiger partial charge on any atom is -0.297 e. The van der Waals surface area contributed by atoms with Gasteiger partial charge in [-0.25, -0.2) is 0 Å². The molecule has 0 radical (unpaired) electrons. The smallest absolute Gasteiger partial charge is 0.0794 e. The van der Waals surface area contributed by atoms with Gasteiger partial charge in [-0.15, -0.1) is 11.3 Å². The number of rotatable bonds is 4. The second-order valence-electron chi connectivity index (χ2n) is 5.45. The summed E-state index contributed by atoms with van der Waals surface area (Å²) in [5.41, 5.74) is 4.78. The maximum Gasteiger partial charge on any atom is 0.0794 e. The molecule has 1 aliphatic rings. The van der Waals surface area contributed by atoms with Gasteiger partial charge in [-0.2, -0.15) is 0 Å². The molecule has 0 amide bonds. The highest BCUT2D eigenvalue weighted by Gasteiger charge is 2.17. The lowest BCUT2D eigenvalue weighted by molar-refractivity contribution is 0.122. The molecule has 0 saturated carbocycles. The number of benzene rings is 1. The molecule has 3 nitrogen and oxygen atoms in total. The maximum atomic E-state index is 4.15. The number of hydrogen-bond acceptors (Lipinski definition) is 4. The monoisotopic (exact) mass is 287 g/mol. The average Bonchev–Trinajstić information content (AvgIpc) is 2.96. The van der Waals surface area contributed by atoms with Crippen LogP contribution in [0.1, 0.15) is 16.0 Å².